The van der Waals surface area contributed by atoms with Crippen molar-refractivity contribution in [1.82, 2.24) is 19.8 Å². The topological polar surface area (TPSA) is 33.1 Å². The molecule has 0 aliphatic carbocycles. The monoisotopic (exact) mass is 342 g/mol. The summed E-state index contributed by atoms with van der Waals surface area (Å²) < 4.78 is 2.25. The SMILES string of the molecule is CCCCN1C(=S)N[C@H](c2ccccn2)[C@@H]1c1cc(C)n(C)c1C. The molecule has 1 N–H and O–H groups in total. The standard InChI is InChI=1S/C19H26N4S/c1-5-6-11-23-18(15-12-13(2)22(4)14(15)3)17(21-19(23)24)16-9-7-8-10-20-16/h7-10,12,17-18H,5-6,11H2,1-4H3,(H,21,24)/t17-,18+/m1/s1. The van der Waals surface area contributed by atoms with Crippen molar-refractivity contribution in [3.05, 3.63) is 53.1 Å². The third kappa shape index (κ3) is 2.93. The van der Waals surface area contributed by atoms with Crippen LogP contribution < -0.4 is 5.32 Å². The molecule has 0 radical (unpaired) electrons. The van der Waals surface area contributed by atoms with Crippen LogP contribution >= 0.6 is 12.2 Å². The summed E-state index contributed by atoms with van der Waals surface area (Å²) in [6, 6.07) is 8.67. The molecule has 4 nitrogen and oxygen atoms in total. The van der Waals surface area contributed by atoms with Crippen molar-refractivity contribution in [1.29, 1.82) is 0 Å². The zero-order valence-electron chi connectivity index (χ0n) is 14.9. The van der Waals surface area contributed by atoms with Gasteiger partial charge in [0.25, 0.3) is 0 Å². The predicted octanol–water partition coefficient (Wildman–Crippen LogP) is 3.81. The van der Waals surface area contributed by atoms with Gasteiger partial charge >= 0.3 is 0 Å². The Labute approximate surface area is 149 Å². The summed E-state index contributed by atoms with van der Waals surface area (Å²) in [5, 5.41) is 4.36. The van der Waals surface area contributed by atoms with Crippen LogP contribution in [0.2, 0.25) is 0 Å². The summed E-state index contributed by atoms with van der Waals surface area (Å²) in [6.07, 6.45) is 4.15. The molecular weight excluding hydrogens is 316 g/mol. The Hall–Kier alpha value is -1.88. The van der Waals surface area contributed by atoms with Crippen LogP contribution in [-0.4, -0.2) is 26.1 Å². The molecule has 128 valence electrons. The maximum Gasteiger partial charge on any atom is 0.170 e. The van der Waals surface area contributed by atoms with Crippen LogP contribution in [0.5, 0.6) is 0 Å². The Balaban J connectivity index is 2.05. The minimum absolute atomic E-state index is 0.0936. The van der Waals surface area contributed by atoms with Gasteiger partial charge in [-0.3, -0.25) is 4.98 Å². The molecule has 0 spiro atoms. The lowest BCUT2D eigenvalue weighted by Gasteiger charge is -2.28. The molecule has 0 bridgehead atoms. The molecule has 1 aliphatic heterocycles. The van der Waals surface area contributed by atoms with Gasteiger partial charge in [0, 0.05) is 31.2 Å². The number of rotatable bonds is 5. The Morgan fingerprint density at radius 3 is 2.67 bits per heavy atom. The summed E-state index contributed by atoms with van der Waals surface area (Å²) in [5.74, 6) is 0. The number of hydrogen-bond acceptors (Lipinski definition) is 2. The van der Waals surface area contributed by atoms with Crippen molar-refractivity contribution in [3.63, 3.8) is 0 Å². The van der Waals surface area contributed by atoms with Crippen LogP contribution in [0.25, 0.3) is 0 Å². The van der Waals surface area contributed by atoms with Gasteiger partial charge in [-0.05, 0) is 56.2 Å². The van der Waals surface area contributed by atoms with Gasteiger partial charge < -0.3 is 14.8 Å². The highest BCUT2D eigenvalue weighted by Crippen LogP contribution is 2.40. The molecule has 3 rings (SSSR count). The Kier molecular flexibility index (Phi) is 4.90. The lowest BCUT2D eigenvalue weighted by molar-refractivity contribution is 0.311. The van der Waals surface area contributed by atoms with E-state index in [9.17, 15) is 0 Å². The van der Waals surface area contributed by atoms with Crippen molar-refractivity contribution < 1.29 is 0 Å². The van der Waals surface area contributed by atoms with Crippen LogP contribution in [0.1, 0.15) is 54.5 Å². The number of aromatic nitrogens is 2. The minimum atomic E-state index is 0.0936. The third-order valence-electron chi connectivity index (χ3n) is 5.08. The fourth-order valence-corrected chi connectivity index (χ4v) is 3.83. The van der Waals surface area contributed by atoms with Gasteiger partial charge in [0.05, 0.1) is 17.8 Å². The average molecular weight is 343 g/mol. The normalized spacial score (nSPS) is 20.5. The number of aryl methyl sites for hydroxylation is 1. The molecule has 1 fully saturated rings. The van der Waals surface area contributed by atoms with Crippen molar-refractivity contribution in [2.75, 3.05) is 6.54 Å². The molecule has 0 aromatic carbocycles. The fourth-order valence-electron chi connectivity index (χ4n) is 3.50. The number of thiocarbonyl (C=S) groups is 1. The van der Waals surface area contributed by atoms with E-state index in [0.29, 0.717) is 0 Å². The van der Waals surface area contributed by atoms with Gasteiger partial charge in [0.1, 0.15) is 0 Å². The first-order chi connectivity index (χ1) is 11.5. The molecule has 2 aromatic heterocycles. The Morgan fingerprint density at radius 1 is 1.29 bits per heavy atom. The van der Waals surface area contributed by atoms with Crippen LogP contribution in [0.3, 0.4) is 0 Å². The first kappa shape index (κ1) is 17.0. The average Bonchev–Trinajstić information content (AvgIpc) is 3.05. The molecule has 2 atom stereocenters. The van der Waals surface area contributed by atoms with E-state index in [-0.39, 0.29) is 12.1 Å². The second-order valence-corrected chi connectivity index (χ2v) is 6.95. The second kappa shape index (κ2) is 6.93. The van der Waals surface area contributed by atoms with E-state index in [4.69, 9.17) is 12.2 Å². The van der Waals surface area contributed by atoms with Crippen LogP contribution in [0, 0.1) is 13.8 Å². The zero-order chi connectivity index (χ0) is 17.3. The molecule has 3 heterocycles. The van der Waals surface area contributed by atoms with E-state index >= 15 is 0 Å². The smallest absolute Gasteiger partial charge is 0.170 e. The van der Waals surface area contributed by atoms with Crippen molar-refractivity contribution in [2.24, 2.45) is 7.05 Å². The number of hydrogen-bond donors (Lipinski definition) is 1. The minimum Gasteiger partial charge on any atom is -0.352 e. The Bertz CT molecular complexity index is 722. The van der Waals surface area contributed by atoms with Gasteiger partial charge in [-0.2, -0.15) is 0 Å². The number of nitrogens with one attached hydrogen (secondary N) is 1. The lowest BCUT2D eigenvalue weighted by Crippen LogP contribution is -2.30. The second-order valence-electron chi connectivity index (χ2n) is 6.56. The molecule has 2 aromatic rings. The van der Waals surface area contributed by atoms with Gasteiger partial charge in [0.15, 0.2) is 5.11 Å². The molecule has 5 heteroatoms. The predicted molar refractivity (Wildman–Crippen MR) is 102 cm³/mol. The molecule has 1 aliphatic rings. The fraction of sp³-hybridized carbons (Fsp3) is 0.474. The van der Waals surface area contributed by atoms with Gasteiger partial charge in [-0.25, -0.2) is 0 Å². The highest BCUT2D eigenvalue weighted by Gasteiger charge is 2.40. The third-order valence-corrected chi connectivity index (χ3v) is 5.44. The first-order valence-corrected chi connectivity index (χ1v) is 9.06. The van der Waals surface area contributed by atoms with Gasteiger partial charge in [0.2, 0.25) is 0 Å². The summed E-state index contributed by atoms with van der Waals surface area (Å²) in [4.78, 5) is 6.94. The quantitative estimate of drug-likeness (QED) is 0.838. The highest BCUT2D eigenvalue weighted by atomic mass is 32.1. The van der Waals surface area contributed by atoms with E-state index in [1.807, 2.05) is 18.3 Å². The van der Waals surface area contributed by atoms with E-state index in [1.165, 1.54) is 17.0 Å². The van der Waals surface area contributed by atoms with Gasteiger partial charge in [-0.15, -0.1) is 0 Å². The van der Waals surface area contributed by atoms with Crippen molar-refractivity contribution in [3.8, 4) is 0 Å². The van der Waals surface area contributed by atoms with Crippen molar-refractivity contribution >= 4 is 17.3 Å². The highest BCUT2D eigenvalue weighted by molar-refractivity contribution is 7.80. The molecule has 0 saturated carbocycles. The largest absolute Gasteiger partial charge is 0.352 e. The van der Waals surface area contributed by atoms with Crippen molar-refractivity contribution in [2.45, 2.75) is 45.7 Å². The van der Waals surface area contributed by atoms with Crippen LogP contribution in [0.4, 0.5) is 0 Å². The summed E-state index contributed by atoms with van der Waals surface area (Å²) in [7, 11) is 2.13. The molecular formula is C19H26N4S. The van der Waals surface area contributed by atoms with E-state index in [1.54, 1.807) is 0 Å². The summed E-state index contributed by atoms with van der Waals surface area (Å²) >= 11 is 5.67. The zero-order valence-corrected chi connectivity index (χ0v) is 15.7. The molecule has 0 amide bonds. The lowest BCUT2D eigenvalue weighted by atomic mass is 9.96. The van der Waals surface area contributed by atoms with Crippen LogP contribution in [0.15, 0.2) is 30.5 Å². The number of nitrogens with zero attached hydrogens (tertiary/aromatic N) is 3. The summed E-state index contributed by atoms with van der Waals surface area (Å²) in [6.45, 7) is 7.54. The van der Waals surface area contributed by atoms with E-state index in [0.717, 1.165) is 30.2 Å². The Morgan fingerprint density at radius 2 is 2.08 bits per heavy atom. The number of unbranched alkanes of at least 4 members (excludes halogenated alkanes) is 1. The van der Waals surface area contributed by atoms with E-state index in [2.05, 4.69) is 59.7 Å². The molecule has 24 heavy (non-hydrogen) atoms. The molecule has 0 unspecified atom stereocenters. The van der Waals surface area contributed by atoms with Gasteiger partial charge in [-0.1, -0.05) is 19.4 Å². The number of pyridine rings is 1. The maximum absolute atomic E-state index is 5.67. The van der Waals surface area contributed by atoms with Crippen LogP contribution in [-0.2, 0) is 7.05 Å². The summed E-state index contributed by atoms with van der Waals surface area (Å²) in [5.41, 5.74) is 4.96. The van der Waals surface area contributed by atoms with E-state index < -0.39 is 0 Å². The first-order valence-electron chi connectivity index (χ1n) is 8.65. The molecule has 1 saturated heterocycles. The maximum atomic E-state index is 5.67.